The van der Waals surface area contributed by atoms with E-state index in [1.165, 1.54) is 0 Å². The second-order valence-electron chi connectivity index (χ2n) is 2.57. The highest BCUT2D eigenvalue weighted by Crippen LogP contribution is 2.04. The van der Waals surface area contributed by atoms with Crippen LogP contribution < -0.4 is 10.6 Å². The highest BCUT2D eigenvalue weighted by atomic mass is 32.1. The molecule has 0 aromatic carbocycles. The van der Waals surface area contributed by atoms with Gasteiger partial charge in [-0.25, -0.2) is 9.59 Å². The lowest BCUT2D eigenvalue weighted by molar-refractivity contribution is -0.139. The zero-order valence-corrected chi connectivity index (χ0v) is 8.61. The molecule has 1 atom stereocenters. The lowest BCUT2D eigenvalue weighted by atomic mass is 10.2. The van der Waals surface area contributed by atoms with Crippen LogP contribution in [0.25, 0.3) is 0 Å². The van der Waals surface area contributed by atoms with Gasteiger partial charge in [0.15, 0.2) is 0 Å². The minimum absolute atomic E-state index is 0.216. The maximum atomic E-state index is 11.2. The van der Waals surface area contributed by atoms with E-state index in [4.69, 9.17) is 5.11 Å². The van der Waals surface area contributed by atoms with Crippen LogP contribution in [0, 0.1) is 0 Å². The number of amides is 2. The van der Waals surface area contributed by atoms with Crippen molar-refractivity contribution in [1.29, 1.82) is 0 Å². The van der Waals surface area contributed by atoms with E-state index in [2.05, 4.69) is 25.4 Å². The molecule has 0 bridgehead atoms. The van der Waals surface area contributed by atoms with Gasteiger partial charge in [0.2, 0.25) is 5.13 Å². The van der Waals surface area contributed by atoms with E-state index in [-0.39, 0.29) is 5.13 Å². The molecular formula is C6H9N5O3S. The standard InChI is InChI=1S/C6H9N5O3S/c1-2-3(4(12)13)7-5(14)8-6-9-10-11-15-6/h3H,2H2,1H3,(H,12,13)(H2,7,8,9,11,14)/t3-/m1/s1. The first kappa shape index (κ1) is 11.3. The van der Waals surface area contributed by atoms with Gasteiger partial charge in [0.05, 0.1) is 0 Å². The van der Waals surface area contributed by atoms with Crippen LogP contribution in [-0.2, 0) is 4.79 Å². The van der Waals surface area contributed by atoms with E-state index < -0.39 is 18.0 Å². The molecule has 1 aromatic heterocycles. The predicted octanol–water partition coefficient (Wildman–Crippen LogP) is -0.0822. The van der Waals surface area contributed by atoms with Crippen molar-refractivity contribution >= 4 is 28.7 Å². The summed E-state index contributed by atoms with van der Waals surface area (Å²) >= 11 is 0.903. The number of nitrogens with one attached hydrogen (secondary N) is 2. The number of anilines is 1. The van der Waals surface area contributed by atoms with E-state index in [0.717, 1.165) is 11.5 Å². The van der Waals surface area contributed by atoms with Crippen molar-refractivity contribution in [3.8, 4) is 0 Å². The van der Waals surface area contributed by atoms with Crippen LogP contribution in [0.15, 0.2) is 0 Å². The number of nitrogens with zero attached hydrogens (tertiary/aromatic N) is 3. The number of carboxylic acids is 1. The molecule has 2 amide bonds. The predicted molar refractivity (Wildman–Crippen MR) is 51.6 cm³/mol. The van der Waals surface area contributed by atoms with Crippen LogP contribution in [0.3, 0.4) is 0 Å². The molecule has 15 heavy (non-hydrogen) atoms. The number of hydrogen-bond donors (Lipinski definition) is 3. The number of urea groups is 1. The fraction of sp³-hybridized carbons (Fsp3) is 0.500. The summed E-state index contributed by atoms with van der Waals surface area (Å²) in [5.74, 6) is -1.08. The Balaban J connectivity index is 2.45. The van der Waals surface area contributed by atoms with Crippen LogP contribution in [0.2, 0.25) is 0 Å². The number of carboxylic acid groups (broad SMARTS) is 1. The molecule has 0 aliphatic rings. The van der Waals surface area contributed by atoms with Crippen molar-refractivity contribution in [2.75, 3.05) is 5.32 Å². The van der Waals surface area contributed by atoms with Crippen molar-refractivity contribution in [3.63, 3.8) is 0 Å². The molecule has 0 saturated carbocycles. The fourth-order valence-electron chi connectivity index (χ4n) is 0.812. The second kappa shape index (κ2) is 5.20. The molecule has 0 spiro atoms. The average Bonchev–Trinajstić information content (AvgIpc) is 2.66. The molecule has 0 fully saturated rings. The van der Waals surface area contributed by atoms with Gasteiger partial charge >= 0.3 is 12.0 Å². The molecule has 8 nitrogen and oxygen atoms in total. The maximum absolute atomic E-state index is 11.2. The van der Waals surface area contributed by atoms with Gasteiger partial charge in [-0.2, -0.15) is 0 Å². The summed E-state index contributed by atoms with van der Waals surface area (Å²) in [5.41, 5.74) is 0. The van der Waals surface area contributed by atoms with Gasteiger partial charge < -0.3 is 10.4 Å². The lowest BCUT2D eigenvalue weighted by Gasteiger charge is -2.11. The second-order valence-corrected chi connectivity index (χ2v) is 3.30. The Morgan fingerprint density at radius 2 is 2.33 bits per heavy atom. The topological polar surface area (TPSA) is 117 Å². The van der Waals surface area contributed by atoms with E-state index >= 15 is 0 Å². The molecule has 0 radical (unpaired) electrons. The summed E-state index contributed by atoms with van der Waals surface area (Å²) in [5, 5.41) is 20.2. The van der Waals surface area contributed by atoms with Gasteiger partial charge in [-0.15, -0.1) is 0 Å². The molecule has 82 valence electrons. The van der Waals surface area contributed by atoms with Crippen LogP contribution in [0.5, 0.6) is 0 Å². The van der Waals surface area contributed by atoms with Crippen LogP contribution >= 0.6 is 11.5 Å². The zero-order chi connectivity index (χ0) is 11.3. The third-order valence-corrected chi connectivity index (χ3v) is 2.04. The number of rotatable bonds is 4. The van der Waals surface area contributed by atoms with Crippen LogP contribution in [-0.4, -0.2) is 37.9 Å². The van der Waals surface area contributed by atoms with Crippen LogP contribution in [0.4, 0.5) is 9.93 Å². The summed E-state index contributed by atoms with van der Waals surface area (Å²) in [7, 11) is 0. The average molecular weight is 231 g/mol. The SMILES string of the molecule is CC[C@@H](NC(=O)Nc1nnns1)C(=O)O. The minimum Gasteiger partial charge on any atom is -0.480 e. The Bertz CT molecular complexity index is 341. The normalized spacial score (nSPS) is 11.8. The van der Waals surface area contributed by atoms with E-state index in [9.17, 15) is 9.59 Å². The molecule has 1 rings (SSSR count). The largest absolute Gasteiger partial charge is 0.480 e. The Hall–Kier alpha value is -1.77. The quantitative estimate of drug-likeness (QED) is 0.667. The first-order valence-corrected chi connectivity index (χ1v) is 4.86. The Kier molecular flexibility index (Phi) is 3.92. The van der Waals surface area contributed by atoms with Crippen LogP contribution in [0.1, 0.15) is 13.3 Å². The molecule has 1 aromatic rings. The van der Waals surface area contributed by atoms with Gasteiger partial charge in [-0.05, 0) is 11.6 Å². The Labute approximate surface area is 88.9 Å². The molecule has 3 N–H and O–H groups in total. The number of hydrogen-bond acceptors (Lipinski definition) is 6. The smallest absolute Gasteiger partial charge is 0.326 e. The number of aromatic nitrogens is 3. The highest BCUT2D eigenvalue weighted by Gasteiger charge is 2.17. The molecule has 0 saturated heterocycles. The van der Waals surface area contributed by atoms with Crippen molar-refractivity contribution in [3.05, 3.63) is 0 Å². The van der Waals surface area contributed by atoms with Crippen molar-refractivity contribution < 1.29 is 14.7 Å². The Morgan fingerprint density at radius 3 is 2.80 bits per heavy atom. The van der Waals surface area contributed by atoms with Crippen molar-refractivity contribution in [1.82, 2.24) is 20.1 Å². The monoisotopic (exact) mass is 231 g/mol. The molecule has 0 unspecified atom stereocenters. The first-order chi connectivity index (χ1) is 7.13. The van der Waals surface area contributed by atoms with E-state index in [1.54, 1.807) is 6.92 Å². The van der Waals surface area contributed by atoms with E-state index in [0.29, 0.717) is 6.42 Å². The van der Waals surface area contributed by atoms with Gasteiger partial charge in [-0.1, -0.05) is 16.5 Å². The summed E-state index contributed by atoms with van der Waals surface area (Å²) in [6, 6.07) is -1.55. The van der Waals surface area contributed by atoms with E-state index in [1.807, 2.05) is 0 Å². The molecule has 1 heterocycles. The summed E-state index contributed by atoms with van der Waals surface area (Å²) in [6.07, 6.45) is 0.303. The first-order valence-electron chi connectivity index (χ1n) is 4.08. The zero-order valence-electron chi connectivity index (χ0n) is 7.80. The molecule has 9 heteroatoms. The lowest BCUT2D eigenvalue weighted by Crippen LogP contribution is -2.42. The minimum atomic E-state index is -1.08. The summed E-state index contributed by atoms with van der Waals surface area (Å²) in [6.45, 7) is 1.66. The summed E-state index contributed by atoms with van der Waals surface area (Å²) in [4.78, 5) is 21.8. The van der Waals surface area contributed by atoms with Crippen molar-refractivity contribution in [2.45, 2.75) is 19.4 Å². The van der Waals surface area contributed by atoms with Gasteiger partial charge in [0.25, 0.3) is 0 Å². The fourth-order valence-corrected chi connectivity index (χ4v) is 1.17. The summed E-state index contributed by atoms with van der Waals surface area (Å²) < 4.78 is 3.43. The molecule has 0 aliphatic heterocycles. The van der Waals surface area contributed by atoms with Crippen molar-refractivity contribution in [2.24, 2.45) is 0 Å². The Morgan fingerprint density at radius 1 is 1.60 bits per heavy atom. The van der Waals surface area contributed by atoms with Gasteiger partial charge in [0, 0.05) is 11.5 Å². The molecular weight excluding hydrogens is 222 g/mol. The number of aliphatic carboxylic acids is 1. The highest BCUT2D eigenvalue weighted by molar-refractivity contribution is 7.09. The van der Waals surface area contributed by atoms with Gasteiger partial charge in [0.1, 0.15) is 6.04 Å². The number of carbonyl (C=O) groups excluding carboxylic acids is 1. The maximum Gasteiger partial charge on any atom is 0.326 e. The third-order valence-electron chi connectivity index (χ3n) is 1.53. The third kappa shape index (κ3) is 3.46. The molecule has 0 aliphatic carbocycles. The number of carbonyl (C=O) groups is 2. The van der Waals surface area contributed by atoms with Gasteiger partial charge in [-0.3, -0.25) is 5.32 Å².